The zero-order valence-electron chi connectivity index (χ0n) is 11.4. The van der Waals surface area contributed by atoms with Gasteiger partial charge in [0.05, 0.1) is 0 Å². The quantitative estimate of drug-likeness (QED) is 0.881. The first-order valence-corrected chi connectivity index (χ1v) is 8.55. The summed E-state index contributed by atoms with van der Waals surface area (Å²) in [6, 6.07) is 7.51. The van der Waals surface area contributed by atoms with E-state index in [9.17, 15) is 0 Å². The van der Waals surface area contributed by atoms with Gasteiger partial charge in [0, 0.05) is 17.1 Å². The van der Waals surface area contributed by atoms with Gasteiger partial charge in [0.15, 0.2) is 0 Å². The van der Waals surface area contributed by atoms with E-state index in [-0.39, 0.29) is 0 Å². The Balaban J connectivity index is 1.38. The maximum atomic E-state index is 3.89. The maximum Gasteiger partial charge on any atom is 0.0178 e. The van der Waals surface area contributed by atoms with Crippen molar-refractivity contribution in [3.8, 4) is 0 Å². The van der Waals surface area contributed by atoms with E-state index in [1.165, 1.54) is 56.0 Å². The Bertz CT molecular complexity index is 488. The molecule has 102 valence electrons. The predicted molar refractivity (Wildman–Crippen MR) is 82.3 cm³/mol. The highest BCUT2D eigenvalue weighted by Gasteiger charge is 2.53. The minimum Gasteiger partial charge on any atom is -0.313 e. The molecule has 0 bridgehead atoms. The highest BCUT2D eigenvalue weighted by atomic mass is 79.9. The van der Waals surface area contributed by atoms with E-state index in [0.717, 1.165) is 11.3 Å². The van der Waals surface area contributed by atoms with Gasteiger partial charge in [-0.25, -0.2) is 0 Å². The molecule has 0 aliphatic heterocycles. The second-order valence-corrected chi connectivity index (χ2v) is 7.79. The minimum absolute atomic E-state index is 0.713. The Hall–Kier alpha value is -0.340. The van der Waals surface area contributed by atoms with Gasteiger partial charge in [0.1, 0.15) is 0 Å². The summed E-state index contributed by atoms with van der Waals surface area (Å²) < 4.78 is 1.23. The number of halogens is 1. The lowest BCUT2D eigenvalue weighted by atomic mass is 9.88. The van der Waals surface area contributed by atoms with Crippen LogP contribution in [0.15, 0.2) is 22.7 Å². The highest BCUT2D eigenvalue weighted by Crippen LogP contribution is 2.60. The smallest absolute Gasteiger partial charge is 0.0178 e. The van der Waals surface area contributed by atoms with Crippen LogP contribution in [0.3, 0.4) is 0 Å². The van der Waals surface area contributed by atoms with Gasteiger partial charge >= 0.3 is 0 Å². The molecule has 1 aromatic carbocycles. The van der Waals surface area contributed by atoms with Crippen molar-refractivity contribution in [1.29, 1.82) is 0 Å². The zero-order chi connectivity index (χ0) is 12.9. The van der Waals surface area contributed by atoms with Gasteiger partial charge in [-0.1, -0.05) is 22.0 Å². The number of aryl methyl sites for hydroxylation is 1. The molecule has 0 spiro atoms. The summed E-state index contributed by atoms with van der Waals surface area (Å²) in [5.74, 6) is 1.08. The molecule has 1 atom stereocenters. The molecule has 0 radical (unpaired) electrons. The fraction of sp³-hybridized carbons (Fsp3) is 0.647. The summed E-state index contributed by atoms with van der Waals surface area (Å²) in [4.78, 5) is 0. The topological polar surface area (TPSA) is 12.0 Å². The van der Waals surface area contributed by atoms with Crippen LogP contribution in [0.25, 0.3) is 0 Å². The van der Waals surface area contributed by atoms with Crippen molar-refractivity contribution in [2.24, 2.45) is 11.3 Å². The van der Waals surface area contributed by atoms with Crippen molar-refractivity contribution in [3.63, 3.8) is 0 Å². The number of benzene rings is 1. The number of nitrogens with one attached hydrogen (secondary N) is 1. The third-order valence-electron chi connectivity index (χ3n) is 5.48. The lowest BCUT2D eigenvalue weighted by molar-refractivity contribution is 0.355. The van der Waals surface area contributed by atoms with Crippen LogP contribution in [0.4, 0.5) is 0 Å². The Morgan fingerprint density at radius 2 is 2.00 bits per heavy atom. The third-order valence-corrected chi connectivity index (χ3v) is 5.97. The van der Waals surface area contributed by atoms with Crippen molar-refractivity contribution in [2.45, 2.75) is 51.0 Å². The molecule has 1 aromatic rings. The van der Waals surface area contributed by atoms with Crippen LogP contribution in [0.1, 0.15) is 43.2 Å². The first-order valence-electron chi connectivity index (χ1n) is 7.76. The number of rotatable bonds is 4. The molecule has 2 fully saturated rings. The largest absolute Gasteiger partial charge is 0.313 e. The van der Waals surface area contributed by atoms with Crippen molar-refractivity contribution >= 4 is 15.9 Å². The zero-order valence-corrected chi connectivity index (χ0v) is 13.0. The molecule has 19 heavy (non-hydrogen) atoms. The van der Waals surface area contributed by atoms with Crippen LogP contribution in [-0.2, 0) is 12.8 Å². The maximum absolute atomic E-state index is 3.89. The molecule has 0 saturated heterocycles. The third kappa shape index (κ3) is 2.50. The average Bonchev–Trinajstić information content (AvgIpc) is 3.27. The van der Waals surface area contributed by atoms with Gasteiger partial charge < -0.3 is 5.32 Å². The highest BCUT2D eigenvalue weighted by molar-refractivity contribution is 9.10. The van der Waals surface area contributed by atoms with Gasteiger partial charge in [0.25, 0.3) is 0 Å². The van der Waals surface area contributed by atoms with E-state index in [2.05, 4.69) is 39.4 Å². The van der Waals surface area contributed by atoms with Crippen molar-refractivity contribution < 1.29 is 0 Å². The molecular weight excluding hydrogens is 298 g/mol. The van der Waals surface area contributed by atoms with Crippen LogP contribution in [0.2, 0.25) is 0 Å². The Labute approximate surface area is 124 Å². The molecule has 3 aliphatic carbocycles. The summed E-state index contributed by atoms with van der Waals surface area (Å²) in [5.41, 5.74) is 3.85. The van der Waals surface area contributed by atoms with Gasteiger partial charge in [-0.3, -0.25) is 0 Å². The van der Waals surface area contributed by atoms with E-state index in [0.29, 0.717) is 6.04 Å². The monoisotopic (exact) mass is 319 g/mol. The summed E-state index contributed by atoms with van der Waals surface area (Å²) >= 11 is 3.58. The van der Waals surface area contributed by atoms with Crippen LogP contribution < -0.4 is 5.32 Å². The van der Waals surface area contributed by atoms with E-state index >= 15 is 0 Å². The van der Waals surface area contributed by atoms with Crippen LogP contribution >= 0.6 is 15.9 Å². The summed E-state index contributed by atoms with van der Waals surface area (Å²) in [7, 11) is 0. The normalized spacial score (nSPS) is 27.9. The molecular formula is C17H22BrN. The van der Waals surface area contributed by atoms with E-state index < -0.39 is 0 Å². The molecule has 3 aliphatic rings. The molecule has 0 aromatic heterocycles. The van der Waals surface area contributed by atoms with Crippen LogP contribution in [0.5, 0.6) is 0 Å². The number of fused-ring (bicyclic) bond motifs is 1. The summed E-state index contributed by atoms with van der Waals surface area (Å²) in [6.07, 6.45) is 9.75. The van der Waals surface area contributed by atoms with Crippen LogP contribution in [-0.4, -0.2) is 12.6 Å². The van der Waals surface area contributed by atoms with E-state index in [1.54, 1.807) is 11.1 Å². The van der Waals surface area contributed by atoms with Gasteiger partial charge in [-0.2, -0.15) is 0 Å². The Morgan fingerprint density at radius 3 is 2.74 bits per heavy atom. The van der Waals surface area contributed by atoms with Crippen molar-refractivity contribution in [3.05, 3.63) is 33.8 Å². The first-order chi connectivity index (χ1) is 9.25. The molecule has 2 heteroatoms. The molecule has 2 saturated carbocycles. The second-order valence-electron chi connectivity index (χ2n) is 6.87. The SMILES string of the molecule is Brc1ccc2c(c1)CCC(NCC1(C3CC3)CC1)C2. The standard InChI is InChI=1S/C17H22BrN/c18-15-5-1-13-10-16(6-2-12(13)9-15)19-11-17(7-8-17)14-3-4-14/h1,5,9,14,16,19H,2-4,6-8,10-11H2. The molecule has 4 rings (SSSR count). The fourth-order valence-electron chi connectivity index (χ4n) is 3.83. The van der Waals surface area contributed by atoms with E-state index in [4.69, 9.17) is 0 Å². The van der Waals surface area contributed by atoms with Gasteiger partial charge in [-0.15, -0.1) is 0 Å². The predicted octanol–water partition coefficient (Wildman–Crippen LogP) is 4.09. The van der Waals surface area contributed by atoms with Crippen molar-refractivity contribution in [2.75, 3.05) is 6.54 Å². The average molecular weight is 320 g/mol. The second kappa shape index (κ2) is 4.60. The molecule has 1 N–H and O–H groups in total. The van der Waals surface area contributed by atoms with Crippen LogP contribution in [0, 0.1) is 11.3 Å². The van der Waals surface area contributed by atoms with E-state index in [1.807, 2.05) is 0 Å². The fourth-order valence-corrected chi connectivity index (χ4v) is 4.24. The summed E-state index contributed by atoms with van der Waals surface area (Å²) in [6.45, 7) is 1.29. The lowest BCUT2D eigenvalue weighted by Crippen LogP contribution is -2.38. The molecule has 0 heterocycles. The molecule has 0 amide bonds. The first kappa shape index (κ1) is 12.4. The molecule has 1 nitrogen and oxygen atoms in total. The Kier molecular flexibility index (Phi) is 3.00. The van der Waals surface area contributed by atoms with Gasteiger partial charge in [-0.05, 0) is 79.5 Å². The number of hydrogen-bond donors (Lipinski definition) is 1. The minimum atomic E-state index is 0.713. The summed E-state index contributed by atoms with van der Waals surface area (Å²) in [5, 5.41) is 3.89. The van der Waals surface area contributed by atoms with Gasteiger partial charge in [0.2, 0.25) is 0 Å². The van der Waals surface area contributed by atoms with Crippen molar-refractivity contribution in [1.82, 2.24) is 5.32 Å². The lowest BCUT2D eigenvalue weighted by Gasteiger charge is -2.28. The molecule has 1 unspecified atom stereocenters. The Morgan fingerprint density at radius 1 is 1.16 bits per heavy atom. The number of hydrogen-bond acceptors (Lipinski definition) is 1.